The number of carbonyl (C=O) groups excluding carboxylic acids is 1. The van der Waals surface area contributed by atoms with Gasteiger partial charge in [0.1, 0.15) is 18.0 Å². The van der Waals surface area contributed by atoms with Gasteiger partial charge in [0.15, 0.2) is 5.78 Å². The highest BCUT2D eigenvalue weighted by atomic mass is 19.1. The number of benzene rings is 3. The lowest BCUT2D eigenvalue weighted by molar-refractivity contribution is 0.0268. The van der Waals surface area contributed by atoms with E-state index in [1.165, 1.54) is 35.4 Å². The maximum Gasteiger partial charge on any atom is 0.506 e. The maximum atomic E-state index is 13.1. The average Bonchev–Trinajstić information content (AvgIpc) is 3.83. The lowest BCUT2D eigenvalue weighted by Gasteiger charge is -2.33. The van der Waals surface area contributed by atoms with E-state index < -0.39 is 12.3 Å². The fraction of sp³-hybridized carbons (Fsp3) is 0.344. The fourth-order valence-electron chi connectivity index (χ4n) is 4.78. The molecule has 5 rings (SSSR count). The van der Waals surface area contributed by atoms with Gasteiger partial charge in [-0.05, 0) is 85.4 Å². The third-order valence-corrected chi connectivity index (χ3v) is 7.26. The highest BCUT2D eigenvalue weighted by Gasteiger charge is 2.28. The van der Waals surface area contributed by atoms with Gasteiger partial charge >= 0.3 is 6.16 Å². The molecular weight excluding hydrogens is 511 g/mol. The Morgan fingerprint density at radius 2 is 1.68 bits per heavy atom. The van der Waals surface area contributed by atoms with Gasteiger partial charge in [-0.1, -0.05) is 43.3 Å². The molecule has 8 heteroatoms. The first kappa shape index (κ1) is 28.9. The van der Waals surface area contributed by atoms with Crippen LogP contribution in [0.25, 0.3) is 0 Å². The molecule has 40 heavy (non-hydrogen) atoms. The standard InChI is InChI=1S/C22H21FN2O4.C10H12O/c23-19-7-5-17(6-8-19)21(26)18-9-11-25(12-10-18)14-20(29-22(27)28)16-3-1-15(13-24)2-4-16;1-2-8-3-5-9(6-4-8)10-7-11-10/h1-8,18,20H,9-12,14H2,(H,27,28);3-6,10H,2,7H2,1H3. The molecule has 0 spiro atoms. The Bertz CT molecular complexity index is 1310. The van der Waals surface area contributed by atoms with Crippen molar-refractivity contribution >= 4 is 11.9 Å². The van der Waals surface area contributed by atoms with Crippen LogP contribution in [0, 0.1) is 23.1 Å². The van der Waals surface area contributed by atoms with Crippen molar-refractivity contribution in [2.75, 3.05) is 26.2 Å². The average molecular weight is 545 g/mol. The number of aryl methyl sites for hydroxylation is 1. The second-order valence-electron chi connectivity index (χ2n) is 9.97. The summed E-state index contributed by atoms with van der Waals surface area (Å²) in [5, 5.41) is 18.0. The van der Waals surface area contributed by atoms with Crippen LogP contribution in [0.3, 0.4) is 0 Å². The molecule has 2 fully saturated rings. The Morgan fingerprint density at radius 3 is 2.20 bits per heavy atom. The van der Waals surface area contributed by atoms with Crippen LogP contribution in [-0.4, -0.2) is 48.2 Å². The second kappa shape index (κ2) is 13.8. The van der Waals surface area contributed by atoms with Gasteiger partial charge in [0, 0.05) is 18.0 Å². The van der Waals surface area contributed by atoms with E-state index in [-0.39, 0.29) is 17.5 Å². The summed E-state index contributed by atoms with van der Waals surface area (Å²) in [4.78, 5) is 25.8. The number of rotatable bonds is 8. The van der Waals surface area contributed by atoms with Crippen molar-refractivity contribution in [2.24, 2.45) is 5.92 Å². The van der Waals surface area contributed by atoms with E-state index >= 15 is 0 Å². The summed E-state index contributed by atoms with van der Waals surface area (Å²) in [6, 6.07) is 22.9. The Hall–Kier alpha value is -4.06. The van der Waals surface area contributed by atoms with E-state index in [9.17, 15) is 14.0 Å². The molecule has 1 N–H and O–H groups in total. The Balaban J connectivity index is 0.000000278. The SMILES string of the molecule is CCc1ccc(C2CO2)cc1.N#Cc1ccc(C(CN2CCC(C(=O)c3ccc(F)cc3)CC2)OC(=O)O)cc1. The number of carboxylic acid groups (broad SMARTS) is 1. The molecule has 2 aliphatic rings. The summed E-state index contributed by atoms with van der Waals surface area (Å²) in [5.41, 5.74) is 4.39. The molecule has 2 saturated heterocycles. The number of epoxide rings is 1. The molecule has 0 amide bonds. The van der Waals surface area contributed by atoms with E-state index in [2.05, 4.69) is 36.1 Å². The number of ketones is 1. The predicted molar refractivity (Wildman–Crippen MR) is 147 cm³/mol. The number of hydrogen-bond donors (Lipinski definition) is 1. The second-order valence-corrected chi connectivity index (χ2v) is 9.97. The molecule has 2 unspecified atom stereocenters. The summed E-state index contributed by atoms with van der Waals surface area (Å²) in [6.07, 6.45) is 0.768. The molecule has 0 saturated carbocycles. The number of likely N-dealkylation sites (tertiary alicyclic amines) is 1. The van der Waals surface area contributed by atoms with Crippen molar-refractivity contribution in [2.45, 2.75) is 38.4 Å². The molecule has 2 aliphatic heterocycles. The van der Waals surface area contributed by atoms with Crippen LogP contribution in [0.15, 0.2) is 72.8 Å². The van der Waals surface area contributed by atoms with E-state index in [1.54, 1.807) is 24.3 Å². The van der Waals surface area contributed by atoms with Gasteiger partial charge in [-0.15, -0.1) is 0 Å². The number of Topliss-reactive ketones (excluding diaryl/α,β-unsaturated/α-hetero) is 1. The minimum atomic E-state index is -1.36. The lowest BCUT2D eigenvalue weighted by Crippen LogP contribution is -2.39. The van der Waals surface area contributed by atoms with Crippen molar-refractivity contribution in [3.05, 3.63) is 106 Å². The van der Waals surface area contributed by atoms with Crippen LogP contribution in [0.1, 0.15) is 64.6 Å². The molecule has 2 heterocycles. The maximum absolute atomic E-state index is 13.1. The monoisotopic (exact) mass is 544 g/mol. The zero-order valence-electron chi connectivity index (χ0n) is 22.5. The Kier molecular flexibility index (Phi) is 10.0. The third kappa shape index (κ3) is 8.22. The van der Waals surface area contributed by atoms with Crippen molar-refractivity contribution < 1.29 is 28.6 Å². The topological polar surface area (TPSA) is 103 Å². The van der Waals surface area contributed by atoms with Crippen LogP contribution < -0.4 is 0 Å². The van der Waals surface area contributed by atoms with Gasteiger partial charge in [-0.25, -0.2) is 9.18 Å². The van der Waals surface area contributed by atoms with Gasteiger partial charge in [-0.2, -0.15) is 5.26 Å². The fourth-order valence-corrected chi connectivity index (χ4v) is 4.78. The Labute approximate surface area is 233 Å². The molecule has 0 aromatic heterocycles. The van der Waals surface area contributed by atoms with Gasteiger partial charge in [-0.3, -0.25) is 9.69 Å². The first-order valence-corrected chi connectivity index (χ1v) is 13.5. The van der Waals surface area contributed by atoms with Crippen LogP contribution >= 0.6 is 0 Å². The largest absolute Gasteiger partial charge is 0.506 e. The number of nitriles is 1. The minimum absolute atomic E-state index is 0.00933. The van der Waals surface area contributed by atoms with Crippen LogP contribution in [0.5, 0.6) is 0 Å². The van der Waals surface area contributed by atoms with Crippen LogP contribution in [0.2, 0.25) is 0 Å². The molecule has 3 aromatic carbocycles. The number of carbonyl (C=O) groups is 2. The van der Waals surface area contributed by atoms with Crippen molar-refractivity contribution in [3.63, 3.8) is 0 Å². The normalized spacial score (nSPS) is 17.6. The van der Waals surface area contributed by atoms with Crippen molar-refractivity contribution in [1.82, 2.24) is 4.90 Å². The smallest absolute Gasteiger partial charge is 0.450 e. The van der Waals surface area contributed by atoms with Crippen LogP contribution in [0.4, 0.5) is 9.18 Å². The van der Waals surface area contributed by atoms with E-state index in [1.807, 2.05) is 6.07 Å². The van der Waals surface area contributed by atoms with Crippen molar-refractivity contribution in [3.8, 4) is 6.07 Å². The zero-order chi connectivity index (χ0) is 28.5. The van der Waals surface area contributed by atoms with Gasteiger partial charge in [0.05, 0.1) is 18.2 Å². The van der Waals surface area contributed by atoms with E-state index in [0.717, 1.165) is 13.0 Å². The lowest BCUT2D eigenvalue weighted by atomic mass is 9.88. The van der Waals surface area contributed by atoms with Gasteiger partial charge in [0.25, 0.3) is 0 Å². The minimum Gasteiger partial charge on any atom is -0.450 e. The molecule has 208 valence electrons. The molecule has 0 aliphatic carbocycles. The molecule has 7 nitrogen and oxygen atoms in total. The number of ether oxygens (including phenoxy) is 2. The predicted octanol–water partition coefficient (Wildman–Crippen LogP) is 6.35. The highest BCUT2D eigenvalue weighted by molar-refractivity contribution is 5.97. The number of piperidine rings is 1. The van der Waals surface area contributed by atoms with E-state index in [0.29, 0.717) is 55.3 Å². The van der Waals surface area contributed by atoms with Gasteiger partial charge < -0.3 is 14.6 Å². The summed E-state index contributed by atoms with van der Waals surface area (Å²) >= 11 is 0. The molecule has 3 aromatic rings. The zero-order valence-corrected chi connectivity index (χ0v) is 22.5. The molecule has 0 radical (unpaired) electrons. The first-order valence-electron chi connectivity index (χ1n) is 13.5. The van der Waals surface area contributed by atoms with Crippen LogP contribution in [-0.2, 0) is 15.9 Å². The number of hydrogen-bond acceptors (Lipinski definition) is 6. The third-order valence-electron chi connectivity index (χ3n) is 7.26. The van der Waals surface area contributed by atoms with Crippen molar-refractivity contribution in [1.29, 1.82) is 5.26 Å². The molecular formula is C32H33FN2O5. The molecule has 2 atom stereocenters. The number of halogens is 1. The summed E-state index contributed by atoms with van der Waals surface area (Å²) < 4.78 is 23.3. The summed E-state index contributed by atoms with van der Waals surface area (Å²) in [7, 11) is 0. The summed E-state index contributed by atoms with van der Waals surface area (Å²) in [6.45, 7) is 4.71. The Morgan fingerprint density at radius 1 is 1.05 bits per heavy atom. The highest BCUT2D eigenvalue weighted by Crippen LogP contribution is 2.29. The van der Waals surface area contributed by atoms with Gasteiger partial charge in [0.2, 0.25) is 0 Å². The summed E-state index contributed by atoms with van der Waals surface area (Å²) in [5.74, 6) is -0.496. The van der Waals surface area contributed by atoms with E-state index in [4.69, 9.17) is 19.8 Å². The first-order chi connectivity index (χ1) is 19.4. The quantitative estimate of drug-likeness (QED) is 0.200. The molecule has 0 bridgehead atoms. The number of nitrogens with zero attached hydrogens (tertiary/aromatic N) is 2.